The molecule has 1 heterocycles. The Balaban J connectivity index is 1.70. The van der Waals surface area contributed by atoms with Crippen molar-refractivity contribution in [1.82, 2.24) is 15.5 Å². The lowest BCUT2D eigenvalue weighted by atomic mass is 10.2. The molecule has 0 saturated carbocycles. The Kier molecular flexibility index (Phi) is 4.73. The molecule has 1 saturated heterocycles. The van der Waals surface area contributed by atoms with Gasteiger partial charge in [0, 0.05) is 25.7 Å². The van der Waals surface area contributed by atoms with Gasteiger partial charge in [0.2, 0.25) is 5.91 Å². The highest BCUT2D eigenvalue weighted by Gasteiger charge is 2.22. The number of likely N-dealkylation sites (N-methyl/N-ethyl adjacent to an activating group) is 1. The molecule has 0 aromatic heterocycles. The summed E-state index contributed by atoms with van der Waals surface area (Å²) in [4.78, 5) is 14.0. The normalized spacial score (nSPS) is 19.9. The van der Waals surface area contributed by atoms with E-state index in [2.05, 4.69) is 15.5 Å². The number of amides is 1. The van der Waals surface area contributed by atoms with Gasteiger partial charge in [-0.3, -0.25) is 9.69 Å². The molecule has 18 heavy (non-hydrogen) atoms. The quantitative estimate of drug-likeness (QED) is 0.801. The second-order valence-electron chi connectivity index (χ2n) is 4.77. The summed E-state index contributed by atoms with van der Waals surface area (Å²) in [7, 11) is 1.98. The van der Waals surface area contributed by atoms with E-state index in [1.807, 2.05) is 37.4 Å². The van der Waals surface area contributed by atoms with E-state index < -0.39 is 0 Å². The fourth-order valence-corrected chi connectivity index (χ4v) is 2.27. The molecule has 4 heteroatoms. The third kappa shape index (κ3) is 3.82. The third-order valence-corrected chi connectivity index (χ3v) is 3.38. The minimum atomic E-state index is 0.107. The minimum Gasteiger partial charge on any atom is -0.351 e. The molecule has 2 N–H and O–H groups in total. The molecular formula is C14H21N3O. The highest BCUT2D eigenvalue weighted by atomic mass is 16.2. The van der Waals surface area contributed by atoms with Crippen molar-refractivity contribution in [3.63, 3.8) is 0 Å². The largest absolute Gasteiger partial charge is 0.351 e. The van der Waals surface area contributed by atoms with Crippen molar-refractivity contribution in [2.45, 2.75) is 19.0 Å². The maximum absolute atomic E-state index is 11.8. The number of likely N-dealkylation sites (tertiary alicyclic amines) is 1. The van der Waals surface area contributed by atoms with Crippen LogP contribution in [-0.4, -0.2) is 43.5 Å². The predicted molar refractivity (Wildman–Crippen MR) is 72.2 cm³/mol. The van der Waals surface area contributed by atoms with Crippen molar-refractivity contribution in [2.75, 3.05) is 26.7 Å². The van der Waals surface area contributed by atoms with E-state index in [4.69, 9.17) is 0 Å². The highest BCUT2D eigenvalue weighted by molar-refractivity contribution is 5.78. The molecule has 1 aliphatic rings. The van der Waals surface area contributed by atoms with Crippen molar-refractivity contribution in [3.8, 4) is 0 Å². The summed E-state index contributed by atoms with van der Waals surface area (Å²) in [5, 5.41) is 6.21. The fraction of sp³-hybridized carbons (Fsp3) is 0.500. The first-order chi connectivity index (χ1) is 8.78. The van der Waals surface area contributed by atoms with Gasteiger partial charge in [0.25, 0.3) is 0 Å². The average Bonchev–Trinajstić information content (AvgIpc) is 2.85. The maximum Gasteiger partial charge on any atom is 0.234 e. The summed E-state index contributed by atoms with van der Waals surface area (Å²) < 4.78 is 0. The number of nitrogens with zero attached hydrogens (tertiary/aromatic N) is 1. The van der Waals surface area contributed by atoms with Crippen LogP contribution in [0.15, 0.2) is 30.3 Å². The van der Waals surface area contributed by atoms with Crippen molar-refractivity contribution in [2.24, 2.45) is 0 Å². The molecule has 1 fully saturated rings. The highest BCUT2D eigenvalue weighted by Crippen LogP contribution is 2.07. The van der Waals surface area contributed by atoms with Gasteiger partial charge in [-0.2, -0.15) is 0 Å². The SMILES string of the molecule is CNC1CCN(CC(=O)NCc2ccccc2)C1. The summed E-state index contributed by atoms with van der Waals surface area (Å²) in [6.45, 7) is 3.09. The number of hydrogen-bond donors (Lipinski definition) is 2. The van der Waals surface area contributed by atoms with E-state index in [9.17, 15) is 4.79 Å². The Morgan fingerprint density at radius 3 is 2.83 bits per heavy atom. The Morgan fingerprint density at radius 2 is 2.17 bits per heavy atom. The summed E-state index contributed by atoms with van der Waals surface area (Å²) >= 11 is 0. The molecule has 1 aliphatic heterocycles. The molecule has 0 aliphatic carbocycles. The number of carbonyl (C=O) groups excluding carboxylic acids is 1. The monoisotopic (exact) mass is 247 g/mol. The van der Waals surface area contributed by atoms with Crippen LogP contribution in [0, 0.1) is 0 Å². The molecule has 1 unspecified atom stereocenters. The van der Waals surface area contributed by atoms with Gasteiger partial charge >= 0.3 is 0 Å². The number of benzene rings is 1. The molecule has 1 aromatic rings. The lowest BCUT2D eigenvalue weighted by Crippen LogP contribution is -2.37. The van der Waals surface area contributed by atoms with Gasteiger partial charge in [-0.15, -0.1) is 0 Å². The van der Waals surface area contributed by atoms with E-state index in [0.29, 0.717) is 19.1 Å². The standard InChI is InChI=1S/C14H21N3O/c1-15-13-7-8-17(10-13)11-14(18)16-9-12-5-3-2-4-6-12/h2-6,13,15H,7-11H2,1H3,(H,16,18). The number of nitrogens with one attached hydrogen (secondary N) is 2. The van der Waals surface area contributed by atoms with Crippen molar-refractivity contribution >= 4 is 5.91 Å². The van der Waals surface area contributed by atoms with Crippen LogP contribution >= 0.6 is 0 Å². The number of rotatable bonds is 5. The number of hydrogen-bond acceptors (Lipinski definition) is 3. The van der Waals surface area contributed by atoms with Crippen LogP contribution in [0.1, 0.15) is 12.0 Å². The molecular weight excluding hydrogens is 226 g/mol. The van der Waals surface area contributed by atoms with Crippen molar-refractivity contribution in [3.05, 3.63) is 35.9 Å². The average molecular weight is 247 g/mol. The summed E-state index contributed by atoms with van der Waals surface area (Å²) in [5.74, 6) is 0.107. The zero-order chi connectivity index (χ0) is 12.8. The van der Waals surface area contributed by atoms with E-state index in [1.165, 1.54) is 0 Å². The zero-order valence-electron chi connectivity index (χ0n) is 10.9. The second-order valence-corrected chi connectivity index (χ2v) is 4.77. The van der Waals surface area contributed by atoms with Crippen LogP contribution in [0.25, 0.3) is 0 Å². The van der Waals surface area contributed by atoms with Crippen LogP contribution in [0.3, 0.4) is 0 Å². The molecule has 2 rings (SSSR count). The number of carbonyl (C=O) groups is 1. The van der Waals surface area contributed by atoms with Gasteiger partial charge in [0.15, 0.2) is 0 Å². The first-order valence-corrected chi connectivity index (χ1v) is 6.48. The van der Waals surface area contributed by atoms with Crippen LogP contribution in [0.5, 0.6) is 0 Å². The second kappa shape index (κ2) is 6.52. The molecule has 98 valence electrons. The molecule has 1 amide bonds. The first kappa shape index (κ1) is 13.1. The van der Waals surface area contributed by atoms with Gasteiger partial charge in [0.05, 0.1) is 6.54 Å². The molecule has 4 nitrogen and oxygen atoms in total. The van der Waals surface area contributed by atoms with Crippen molar-refractivity contribution in [1.29, 1.82) is 0 Å². The molecule has 0 radical (unpaired) electrons. The summed E-state index contributed by atoms with van der Waals surface area (Å²) in [6, 6.07) is 10.5. The van der Waals surface area contributed by atoms with E-state index >= 15 is 0 Å². The van der Waals surface area contributed by atoms with Crippen LogP contribution in [-0.2, 0) is 11.3 Å². The Bertz CT molecular complexity index is 380. The van der Waals surface area contributed by atoms with Crippen LogP contribution in [0.2, 0.25) is 0 Å². The smallest absolute Gasteiger partial charge is 0.234 e. The third-order valence-electron chi connectivity index (χ3n) is 3.38. The van der Waals surface area contributed by atoms with Gasteiger partial charge in [-0.1, -0.05) is 30.3 Å². The fourth-order valence-electron chi connectivity index (χ4n) is 2.27. The van der Waals surface area contributed by atoms with Crippen molar-refractivity contribution < 1.29 is 4.79 Å². The van der Waals surface area contributed by atoms with Gasteiger partial charge in [-0.05, 0) is 19.0 Å². The lowest BCUT2D eigenvalue weighted by molar-refractivity contribution is -0.122. The predicted octanol–water partition coefficient (Wildman–Crippen LogP) is 0.597. The Hall–Kier alpha value is -1.39. The minimum absolute atomic E-state index is 0.107. The van der Waals surface area contributed by atoms with Crippen LogP contribution < -0.4 is 10.6 Å². The summed E-state index contributed by atoms with van der Waals surface area (Å²) in [5.41, 5.74) is 1.14. The topological polar surface area (TPSA) is 44.4 Å². The summed E-state index contributed by atoms with van der Waals surface area (Å²) in [6.07, 6.45) is 1.13. The Labute approximate surface area is 108 Å². The zero-order valence-corrected chi connectivity index (χ0v) is 10.9. The van der Waals surface area contributed by atoms with E-state index in [0.717, 1.165) is 25.1 Å². The van der Waals surface area contributed by atoms with Crippen LogP contribution in [0.4, 0.5) is 0 Å². The molecule has 1 atom stereocenters. The van der Waals surface area contributed by atoms with E-state index in [1.54, 1.807) is 0 Å². The molecule has 1 aromatic carbocycles. The lowest BCUT2D eigenvalue weighted by Gasteiger charge is -2.15. The molecule has 0 spiro atoms. The van der Waals surface area contributed by atoms with Gasteiger partial charge < -0.3 is 10.6 Å². The molecule has 0 bridgehead atoms. The van der Waals surface area contributed by atoms with Gasteiger partial charge in [-0.25, -0.2) is 0 Å². The van der Waals surface area contributed by atoms with E-state index in [-0.39, 0.29) is 5.91 Å². The first-order valence-electron chi connectivity index (χ1n) is 6.48. The van der Waals surface area contributed by atoms with Gasteiger partial charge in [0.1, 0.15) is 0 Å². The maximum atomic E-state index is 11.8. The Morgan fingerprint density at radius 1 is 1.39 bits per heavy atom.